The number of likely N-dealkylation sites (tertiary alicyclic amines) is 1. The minimum Gasteiger partial charge on any atom is -0.353 e. The van der Waals surface area contributed by atoms with E-state index in [1.165, 1.54) is 0 Å². The van der Waals surface area contributed by atoms with Crippen LogP contribution in [0.15, 0.2) is 36.5 Å². The Morgan fingerprint density at radius 3 is 2.59 bits per heavy atom. The van der Waals surface area contributed by atoms with Gasteiger partial charge in [0.1, 0.15) is 5.69 Å². The molecule has 22 heavy (non-hydrogen) atoms. The number of pyridine rings is 1. The Balaban J connectivity index is 1.74. The monoisotopic (exact) mass is 335 g/mol. The van der Waals surface area contributed by atoms with Crippen molar-refractivity contribution in [3.8, 4) is 0 Å². The predicted octanol–water partition coefficient (Wildman–Crippen LogP) is 4.37. The lowest BCUT2D eigenvalue weighted by molar-refractivity contribution is 0.0787. The summed E-state index contributed by atoms with van der Waals surface area (Å²) in [4.78, 5) is 18.3. The molecular weight excluding hydrogens is 321 g/mol. The van der Waals surface area contributed by atoms with Crippen molar-refractivity contribution in [2.45, 2.75) is 12.8 Å². The molecule has 1 fully saturated rings. The van der Waals surface area contributed by atoms with Crippen LogP contribution in [0.4, 0.5) is 11.4 Å². The number of nitrogens with zero attached hydrogens (tertiary/aromatic N) is 2. The molecule has 6 heteroatoms. The van der Waals surface area contributed by atoms with Gasteiger partial charge in [0.15, 0.2) is 0 Å². The lowest BCUT2D eigenvalue weighted by Crippen LogP contribution is -2.28. The maximum Gasteiger partial charge on any atom is 0.272 e. The van der Waals surface area contributed by atoms with Crippen LogP contribution in [0.5, 0.6) is 0 Å². The highest BCUT2D eigenvalue weighted by Gasteiger charge is 2.20. The van der Waals surface area contributed by atoms with Crippen LogP contribution in [0, 0.1) is 0 Å². The quantitative estimate of drug-likeness (QED) is 0.905. The minimum atomic E-state index is -0.00941. The van der Waals surface area contributed by atoms with E-state index in [-0.39, 0.29) is 5.91 Å². The van der Waals surface area contributed by atoms with Crippen molar-refractivity contribution in [3.63, 3.8) is 0 Å². The molecule has 1 amide bonds. The Labute approximate surface area is 139 Å². The number of hydrogen-bond donors (Lipinski definition) is 1. The van der Waals surface area contributed by atoms with Gasteiger partial charge in [0.05, 0.1) is 22.6 Å². The molecule has 0 bridgehead atoms. The van der Waals surface area contributed by atoms with Crippen LogP contribution < -0.4 is 5.32 Å². The molecule has 0 saturated carbocycles. The van der Waals surface area contributed by atoms with Crippen LogP contribution in [0.25, 0.3) is 0 Å². The fraction of sp³-hybridized carbons (Fsp3) is 0.250. The number of aromatic nitrogens is 1. The number of anilines is 2. The molecule has 3 rings (SSSR count). The van der Waals surface area contributed by atoms with Crippen molar-refractivity contribution >= 4 is 40.5 Å². The van der Waals surface area contributed by atoms with Crippen molar-refractivity contribution in [1.29, 1.82) is 0 Å². The zero-order chi connectivity index (χ0) is 15.5. The molecule has 0 radical (unpaired) electrons. The number of amides is 1. The SMILES string of the molecule is O=C(c1ccc(Nc2cc(Cl)ccc2Cl)cn1)N1CCCC1. The molecule has 0 aliphatic carbocycles. The third kappa shape index (κ3) is 3.34. The highest BCUT2D eigenvalue weighted by Crippen LogP contribution is 2.28. The molecule has 4 nitrogen and oxygen atoms in total. The van der Waals surface area contributed by atoms with Gasteiger partial charge in [-0.15, -0.1) is 0 Å². The molecule has 114 valence electrons. The van der Waals surface area contributed by atoms with Crippen molar-refractivity contribution < 1.29 is 4.79 Å². The van der Waals surface area contributed by atoms with Crippen LogP contribution in [0.2, 0.25) is 10.0 Å². The first-order valence-corrected chi connectivity index (χ1v) is 7.86. The van der Waals surface area contributed by atoms with E-state index in [0.717, 1.165) is 31.6 Å². The topological polar surface area (TPSA) is 45.2 Å². The Morgan fingerprint density at radius 2 is 1.91 bits per heavy atom. The Hall–Kier alpha value is -1.78. The zero-order valence-corrected chi connectivity index (χ0v) is 13.4. The molecule has 2 heterocycles. The third-order valence-corrected chi connectivity index (χ3v) is 4.15. The molecular formula is C16H15Cl2N3O. The molecule has 1 aliphatic heterocycles. The van der Waals surface area contributed by atoms with Crippen molar-refractivity contribution in [1.82, 2.24) is 9.88 Å². The van der Waals surface area contributed by atoms with Gasteiger partial charge < -0.3 is 10.2 Å². The standard InChI is InChI=1S/C16H15Cl2N3O/c17-11-3-5-13(18)15(9-11)20-12-4-6-14(19-10-12)16(22)21-7-1-2-8-21/h3-6,9-10,20H,1-2,7-8H2. The number of halogens is 2. The number of carbonyl (C=O) groups excluding carboxylic acids is 1. The summed E-state index contributed by atoms with van der Waals surface area (Å²) in [6.07, 6.45) is 3.76. The molecule has 0 unspecified atom stereocenters. The second-order valence-electron chi connectivity index (χ2n) is 5.18. The second-order valence-corrected chi connectivity index (χ2v) is 6.02. The minimum absolute atomic E-state index is 0.00941. The smallest absolute Gasteiger partial charge is 0.272 e. The summed E-state index contributed by atoms with van der Waals surface area (Å²) in [5.41, 5.74) is 1.92. The van der Waals surface area contributed by atoms with E-state index in [2.05, 4.69) is 10.3 Å². The van der Waals surface area contributed by atoms with Crippen LogP contribution in [-0.2, 0) is 0 Å². The van der Waals surface area contributed by atoms with E-state index < -0.39 is 0 Å². The van der Waals surface area contributed by atoms with Gasteiger partial charge in [0.25, 0.3) is 5.91 Å². The average molecular weight is 336 g/mol. The summed E-state index contributed by atoms with van der Waals surface area (Å²) in [5.74, 6) is -0.00941. The van der Waals surface area contributed by atoms with Gasteiger partial charge in [-0.25, -0.2) is 4.98 Å². The van der Waals surface area contributed by atoms with E-state index in [0.29, 0.717) is 21.4 Å². The van der Waals surface area contributed by atoms with Gasteiger partial charge >= 0.3 is 0 Å². The fourth-order valence-electron chi connectivity index (χ4n) is 2.43. The van der Waals surface area contributed by atoms with E-state index >= 15 is 0 Å². The molecule has 1 aromatic heterocycles. The molecule has 0 atom stereocenters. The maximum absolute atomic E-state index is 12.2. The van der Waals surface area contributed by atoms with Crippen LogP contribution in [-0.4, -0.2) is 28.9 Å². The molecule has 1 aromatic carbocycles. The number of carbonyl (C=O) groups is 1. The first kappa shape index (κ1) is 15.1. The van der Waals surface area contributed by atoms with Gasteiger partial charge in [0.2, 0.25) is 0 Å². The summed E-state index contributed by atoms with van der Waals surface area (Å²) in [6.45, 7) is 1.64. The van der Waals surface area contributed by atoms with E-state index in [4.69, 9.17) is 23.2 Å². The zero-order valence-electron chi connectivity index (χ0n) is 11.9. The third-order valence-electron chi connectivity index (χ3n) is 3.58. The van der Waals surface area contributed by atoms with E-state index in [1.807, 2.05) is 11.0 Å². The lowest BCUT2D eigenvalue weighted by atomic mass is 10.2. The van der Waals surface area contributed by atoms with Crippen molar-refractivity contribution in [3.05, 3.63) is 52.3 Å². The Kier molecular flexibility index (Phi) is 4.50. The summed E-state index contributed by atoms with van der Waals surface area (Å²) in [5, 5.41) is 4.31. The molecule has 1 aliphatic rings. The first-order chi connectivity index (χ1) is 10.6. The second kappa shape index (κ2) is 6.55. The summed E-state index contributed by atoms with van der Waals surface area (Å²) < 4.78 is 0. The predicted molar refractivity (Wildman–Crippen MR) is 89.1 cm³/mol. The molecule has 1 N–H and O–H groups in total. The van der Waals surface area contributed by atoms with Gasteiger partial charge in [0, 0.05) is 18.1 Å². The van der Waals surface area contributed by atoms with Gasteiger partial charge in [-0.05, 0) is 43.2 Å². The number of benzene rings is 1. The van der Waals surface area contributed by atoms with Crippen molar-refractivity contribution in [2.24, 2.45) is 0 Å². The van der Waals surface area contributed by atoms with E-state index in [9.17, 15) is 4.79 Å². The summed E-state index contributed by atoms with van der Waals surface area (Å²) in [7, 11) is 0. The van der Waals surface area contributed by atoms with Gasteiger partial charge in [-0.2, -0.15) is 0 Å². The van der Waals surface area contributed by atoms with Crippen LogP contribution >= 0.6 is 23.2 Å². The highest BCUT2D eigenvalue weighted by atomic mass is 35.5. The average Bonchev–Trinajstić information content (AvgIpc) is 3.05. The first-order valence-electron chi connectivity index (χ1n) is 7.11. The molecule has 1 saturated heterocycles. The lowest BCUT2D eigenvalue weighted by Gasteiger charge is -2.15. The Bertz CT molecular complexity index is 682. The number of hydrogen-bond acceptors (Lipinski definition) is 3. The number of rotatable bonds is 3. The fourth-order valence-corrected chi connectivity index (χ4v) is 2.76. The normalized spacial score (nSPS) is 14.2. The maximum atomic E-state index is 12.2. The van der Waals surface area contributed by atoms with Crippen molar-refractivity contribution in [2.75, 3.05) is 18.4 Å². The Morgan fingerprint density at radius 1 is 1.14 bits per heavy atom. The van der Waals surface area contributed by atoms with Gasteiger partial charge in [-0.1, -0.05) is 23.2 Å². The van der Waals surface area contributed by atoms with E-state index in [1.54, 1.807) is 30.5 Å². The largest absolute Gasteiger partial charge is 0.353 e. The molecule has 2 aromatic rings. The molecule has 0 spiro atoms. The highest BCUT2D eigenvalue weighted by molar-refractivity contribution is 6.35. The van der Waals surface area contributed by atoms with Crippen LogP contribution in [0.3, 0.4) is 0 Å². The van der Waals surface area contributed by atoms with Crippen LogP contribution in [0.1, 0.15) is 23.3 Å². The summed E-state index contributed by atoms with van der Waals surface area (Å²) in [6, 6.07) is 8.73. The van der Waals surface area contributed by atoms with Gasteiger partial charge in [-0.3, -0.25) is 4.79 Å². The summed E-state index contributed by atoms with van der Waals surface area (Å²) >= 11 is 12.1. The number of nitrogens with one attached hydrogen (secondary N) is 1.